The number of halogens is 4. The molecule has 18 heavy (non-hydrogen) atoms. The molecule has 1 N–H and O–H groups in total. The van der Waals surface area contributed by atoms with E-state index < -0.39 is 0 Å². The molecule has 0 aliphatic heterocycles. The summed E-state index contributed by atoms with van der Waals surface area (Å²) in [7, 11) is 0. The van der Waals surface area contributed by atoms with Gasteiger partial charge in [0, 0.05) is 17.1 Å². The third-order valence-corrected chi connectivity index (χ3v) is 3.67. The molecule has 0 fully saturated rings. The molecule has 0 spiro atoms. The van der Waals surface area contributed by atoms with Crippen molar-refractivity contribution in [2.24, 2.45) is 0 Å². The first-order valence-corrected chi connectivity index (χ1v) is 6.33. The fourth-order valence-electron chi connectivity index (χ4n) is 1.52. The van der Waals surface area contributed by atoms with E-state index in [0.29, 0.717) is 32.9 Å². The van der Waals surface area contributed by atoms with Crippen LogP contribution in [0.25, 0.3) is 0 Å². The molecular weight excluding hydrogens is 296 g/mol. The van der Waals surface area contributed by atoms with Crippen molar-refractivity contribution in [3.05, 3.63) is 62.8 Å². The van der Waals surface area contributed by atoms with Gasteiger partial charge in [0.05, 0.1) is 15.7 Å². The highest BCUT2D eigenvalue weighted by Gasteiger charge is 2.10. The predicted octanol–water partition coefficient (Wildman–Crippen LogP) is 5.40. The standard InChI is InChI=1S/C13H9Cl3FN/c14-9-5-6-10(15)13(16)8(9)7-18-12-4-2-1-3-11(12)17/h1-6,18H,7H2. The van der Waals surface area contributed by atoms with Crippen LogP contribution in [0.5, 0.6) is 0 Å². The number of para-hydroxylation sites is 1. The van der Waals surface area contributed by atoms with Crippen LogP contribution in [0.15, 0.2) is 36.4 Å². The van der Waals surface area contributed by atoms with Gasteiger partial charge in [0.2, 0.25) is 0 Å². The Balaban J connectivity index is 2.21. The summed E-state index contributed by atoms with van der Waals surface area (Å²) in [6.07, 6.45) is 0. The summed E-state index contributed by atoms with van der Waals surface area (Å²) < 4.78 is 13.4. The molecule has 2 rings (SSSR count). The molecule has 2 aromatic carbocycles. The molecule has 0 amide bonds. The molecule has 0 aliphatic rings. The van der Waals surface area contributed by atoms with Crippen LogP contribution < -0.4 is 5.32 Å². The first kappa shape index (κ1) is 13.5. The van der Waals surface area contributed by atoms with Gasteiger partial charge < -0.3 is 5.32 Å². The van der Waals surface area contributed by atoms with Crippen molar-refractivity contribution in [2.75, 3.05) is 5.32 Å². The maximum absolute atomic E-state index is 13.4. The molecule has 1 nitrogen and oxygen atoms in total. The zero-order valence-corrected chi connectivity index (χ0v) is 11.5. The van der Waals surface area contributed by atoms with Gasteiger partial charge in [-0.1, -0.05) is 46.9 Å². The van der Waals surface area contributed by atoms with E-state index in [4.69, 9.17) is 34.8 Å². The van der Waals surface area contributed by atoms with E-state index in [0.717, 1.165) is 0 Å². The van der Waals surface area contributed by atoms with Crippen molar-refractivity contribution in [3.8, 4) is 0 Å². The van der Waals surface area contributed by atoms with E-state index in [1.165, 1.54) is 6.07 Å². The molecule has 0 atom stereocenters. The Morgan fingerprint density at radius 3 is 2.33 bits per heavy atom. The van der Waals surface area contributed by atoms with Crippen LogP contribution >= 0.6 is 34.8 Å². The van der Waals surface area contributed by atoms with Crippen LogP contribution in [0.1, 0.15) is 5.56 Å². The quantitative estimate of drug-likeness (QED) is 0.749. The van der Waals surface area contributed by atoms with Crippen LogP contribution in [-0.4, -0.2) is 0 Å². The van der Waals surface area contributed by atoms with Gasteiger partial charge in [-0.05, 0) is 24.3 Å². The maximum atomic E-state index is 13.4. The number of anilines is 1. The van der Waals surface area contributed by atoms with E-state index >= 15 is 0 Å². The van der Waals surface area contributed by atoms with E-state index in [1.807, 2.05) is 0 Å². The predicted molar refractivity (Wildman–Crippen MR) is 75.2 cm³/mol. The molecule has 0 saturated carbocycles. The highest BCUT2D eigenvalue weighted by Crippen LogP contribution is 2.32. The molecule has 0 radical (unpaired) electrons. The smallest absolute Gasteiger partial charge is 0.146 e. The molecule has 0 saturated heterocycles. The van der Waals surface area contributed by atoms with Gasteiger partial charge in [0.1, 0.15) is 5.82 Å². The lowest BCUT2D eigenvalue weighted by Crippen LogP contribution is -2.02. The van der Waals surface area contributed by atoms with E-state index in [9.17, 15) is 4.39 Å². The van der Waals surface area contributed by atoms with Crippen molar-refractivity contribution in [3.63, 3.8) is 0 Å². The Kier molecular flexibility index (Phi) is 4.33. The zero-order valence-electron chi connectivity index (χ0n) is 9.18. The van der Waals surface area contributed by atoms with Crippen molar-refractivity contribution < 1.29 is 4.39 Å². The van der Waals surface area contributed by atoms with Crippen LogP contribution in [-0.2, 0) is 6.54 Å². The van der Waals surface area contributed by atoms with Gasteiger partial charge >= 0.3 is 0 Å². The third-order valence-electron chi connectivity index (χ3n) is 2.47. The summed E-state index contributed by atoms with van der Waals surface area (Å²) in [6, 6.07) is 9.67. The molecule has 0 aliphatic carbocycles. The Bertz CT molecular complexity index is 572. The normalized spacial score (nSPS) is 10.4. The second kappa shape index (κ2) is 5.79. The number of nitrogens with one attached hydrogen (secondary N) is 1. The average Bonchev–Trinajstić information content (AvgIpc) is 2.36. The first-order valence-electron chi connectivity index (χ1n) is 5.20. The topological polar surface area (TPSA) is 12.0 Å². The summed E-state index contributed by atoms with van der Waals surface area (Å²) in [5.74, 6) is -0.327. The molecule has 0 unspecified atom stereocenters. The first-order chi connectivity index (χ1) is 8.59. The Morgan fingerprint density at radius 2 is 1.61 bits per heavy atom. The summed E-state index contributed by atoms with van der Waals surface area (Å²) in [5.41, 5.74) is 1.04. The number of rotatable bonds is 3. The largest absolute Gasteiger partial charge is 0.378 e. The van der Waals surface area contributed by atoms with Crippen molar-refractivity contribution in [2.45, 2.75) is 6.54 Å². The van der Waals surface area contributed by atoms with Gasteiger partial charge in [0.25, 0.3) is 0 Å². The van der Waals surface area contributed by atoms with E-state index in [1.54, 1.807) is 30.3 Å². The highest BCUT2D eigenvalue weighted by molar-refractivity contribution is 6.44. The molecule has 0 aromatic heterocycles. The van der Waals surface area contributed by atoms with Crippen LogP contribution in [0.2, 0.25) is 15.1 Å². The van der Waals surface area contributed by atoms with Crippen molar-refractivity contribution >= 4 is 40.5 Å². The van der Waals surface area contributed by atoms with Crippen LogP contribution in [0, 0.1) is 5.82 Å². The van der Waals surface area contributed by atoms with Gasteiger partial charge in [0.15, 0.2) is 0 Å². The zero-order chi connectivity index (χ0) is 13.1. The lowest BCUT2D eigenvalue weighted by Gasteiger charge is -2.11. The fraction of sp³-hybridized carbons (Fsp3) is 0.0769. The monoisotopic (exact) mass is 303 g/mol. The summed E-state index contributed by atoms with van der Waals surface area (Å²) in [5, 5.41) is 4.23. The molecule has 94 valence electrons. The van der Waals surface area contributed by atoms with Crippen LogP contribution in [0.4, 0.5) is 10.1 Å². The lowest BCUT2D eigenvalue weighted by molar-refractivity contribution is 0.630. The Labute approximate surface area is 119 Å². The number of benzene rings is 2. The summed E-state index contributed by atoms with van der Waals surface area (Å²) in [4.78, 5) is 0. The summed E-state index contributed by atoms with van der Waals surface area (Å²) in [6.45, 7) is 0.305. The maximum Gasteiger partial charge on any atom is 0.146 e. The van der Waals surface area contributed by atoms with Crippen molar-refractivity contribution in [1.29, 1.82) is 0 Å². The van der Waals surface area contributed by atoms with E-state index in [-0.39, 0.29) is 5.82 Å². The molecule has 2 aromatic rings. The second-order valence-corrected chi connectivity index (χ2v) is 4.85. The molecule has 0 heterocycles. The minimum Gasteiger partial charge on any atom is -0.378 e. The average molecular weight is 305 g/mol. The summed E-state index contributed by atoms with van der Waals surface area (Å²) >= 11 is 18.0. The SMILES string of the molecule is Fc1ccccc1NCc1c(Cl)ccc(Cl)c1Cl. The van der Waals surface area contributed by atoms with Gasteiger partial charge in [-0.25, -0.2) is 4.39 Å². The van der Waals surface area contributed by atoms with E-state index in [2.05, 4.69) is 5.32 Å². The number of hydrogen-bond donors (Lipinski definition) is 1. The fourth-order valence-corrected chi connectivity index (χ4v) is 2.20. The molecular formula is C13H9Cl3FN. The minimum atomic E-state index is -0.327. The van der Waals surface area contributed by atoms with Gasteiger partial charge in [-0.2, -0.15) is 0 Å². The second-order valence-electron chi connectivity index (χ2n) is 3.66. The Hall–Kier alpha value is -0.960. The van der Waals surface area contributed by atoms with Gasteiger partial charge in [-0.15, -0.1) is 0 Å². The van der Waals surface area contributed by atoms with Gasteiger partial charge in [-0.3, -0.25) is 0 Å². The number of hydrogen-bond acceptors (Lipinski definition) is 1. The molecule has 0 bridgehead atoms. The third kappa shape index (κ3) is 2.89. The van der Waals surface area contributed by atoms with Crippen molar-refractivity contribution in [1.82, 2.24) is 0 Å². The lowest BCUT2D eigenvalue weighted by atomic mass is 10.2. The Morgan fingerprint density at radius 1 is 0.944 bits per heavy atom. The highest BCUT2D eigenvalue weighted by atomic mass is 35.5. The van der Waals surface area contributed by atoms with Crippen LogP contribution in [0.3, 0.4) is 0 Å². The minimum absolute atomic E-state index is 0.305. The molecule has 5 heteroatoms.